The first-order valence-electron chi connectivity index (χ1n) is 4.38. The fraction of sp³-hybridized carbons (Fsp3) is 0.333. The molecule has 8 heteroatoms. The van der Waals surface area contributed by atoms with Crippen molar-refractivity contribution >= 4 is 22.1 Å². The van der Waals surface area contributed by atoms with Crippen molar-refractivity contribution in [1.82, 2.24) is 0 Å². The van der Waals surface area contributed by atoms with Gasteiger partial charge < -0.3 is 9.47 Å². The second-order valence-electron chi connectivity index (χ2n) is 2.86. The van der Waals surface area contributed by atoms with Crippen LogP contribution in [-0.2, 0) is 29.2 Å². The third kappa shape index (κ3) is 8.17. The van der Waals surface area contributed by atoms with Crippen molar-refractivity contribution in [2.45, 2.75) is 6.92 Å². The molecule has 0 atom stereocenters. The Morgan fingerprint density at radius 1 is 1.41 bits per heavy atom. The minimum Gasteiger partial charge on any atom is -0.461 e. The topological polar surface area (TPSA) is 107 Å². The van der Waals surface area contributed by atoms with E-state index in [1.807, 2.05) is 0 Å². The maximum Gasteiger partial charge on any atom is 0.336 e. The number of rotatable bonds is 6. The first-order chi connectivity index (χ1) is 7.76. The van der Waals surface area contributed by atoms with Crippen molar-refractivity contribution in [3.63, 3.8) is 0 Å². The highest BCUT2D eigenvalue weighted by Gasteiger charge is 2.10. The van der Waals surface area contributed by atoms with E-state index in [0.717, 1.165) is 12.3 Å². The average molecular weight is 264 g/mol. The number of carbonyl (C=O) groups is 2. The van der Waals surface area contributed by atoms with Crippen LogP contribution in [0.2, 0.25) is 0 Å². The van der Waals surface area contributed by atoms with Gasteiger partial charge in [-0.1, -0.05) is 6.58 Å². The summed E-state index contributed by atoms with van der Waals surface area (Å²) in [5.41, 5.74) is -0.0319. The van der Waals surface area contributed by atoms with Crippen LogP contribution < -0.4 is 0 Å². The lowest BCUT2D eigenvalue weighted by atomic mass is 10.3. The molecule has 0 aromatic rings. The van der Waals surface area contributed by atoms with Crippen molar-refractivity contribution < 1.29 is 32.0 Å². The summed E-state index contributed by atoms with van der Waals surface area (Å²) in [6.07, 6.45) is 1.77. The molecule has 0 rings (SSSR count). The Bertz CT molecular complexity index is 432. The second kappa shape index (κ2) is 6.81. The molecule has 0 unspecified atom stereocenters. The van der Waals surface area contributed by atoms with Crippen LogP contribution in [0.25, 0.3) is 0 Å². The summed E-state index contributed by atoms with van der Waals surface area (Å²) in [6.45, 7) is 3.97. The largest absolute Gasteiger partial charge is 0.461 e. The summed E-state index contributed by atoms with van der Waals surface area (Å²) >= 11 is 0. The van der Waals surface area contributed by atoms with Crippen LogP contribution in [0.5, 0.6) is 0 Å². The van der Waals surface area contributed by atoms with Crippen molar-refractivity contribution in [1.29, 1.82) is 0 Å². The van der Waals surface area contributed by atoms with Gasteiger partial charge in [-0.3, -0.25) is 4.55 Å². The Balaban J connectivity index is 4.14. The number of esters is 2. The lowest BCUT2D eigenvalue weighted by Crippen LogP contribution is -2.15. The first kappa shape index (κ1) is 15.3. The summed E-state index contributed by atoms with van der Waals surface area (Å²) in [5, 5.41) is 0. The maximum atomic E-state index is 11.1. The summed E-state index contributed by atoms with van der Waals surface area (Å²) < 4.78 is 37.9. The monoisotopic (exact) mass is 264 g/mol. The number of ether oxygens (including phenoxy) is 2. The summed E-state index contributed by atoms with van der Waals surface area (Å²) in [4.78, 5) is 21.8. The van der Waals surface area contributed by atoms with Crippen molar-refractivity contribution in [3.8, 4) is 0 Å². The minimum atomic E-state index is -4.17. The molecule has 0 amide bonds. The lowest BCUT2D eigenvalue weighted by molar-refractivity contribution is -0.138. The smallest absolute Gasteiger partial charge is 0.336 e. The molecule has 0 saturated carbocycles. The predicted octanol–water partition coefficient (Wildman–Crippen LogP) is 0.0504. The van der Waals surface area contributed by atoms with E-state index in [1.165, 1.54) is 6.92 Å². The van der Waals surface area contributed by atoms with Gasteiger partial charge in [0.05, 0.1) is 5.57 Å². The highest BCUT2D eigenvalue weighted by atomic mass is 32.2. The van der Waals surface area contributed by atoms with E-state index in [9.17, 15) is 18.0 Å². The van der Waals surface area contributed by atoms with Gasteiger partial charge in [0.1, 0.15) is 18.6 Å². The van der Waals surface area contributed by atoms with Gasteiger partial charge in [0.15, 0.2) is 0 Å². The van der Waals surface area contributed by atoms with E-state index in [-0.39, 0.29) is 5.57 Å². The molecule has 0 heterocycles. The Morgan fingerprint density at radius 3 is 2.47 bits per heavy atom. The molecule has 0 aromatic carbocycles. The zero-order valence-electron chi connectivity index (χ0n) is 9.08. The molecular weight excluding hydrogens is 252 g/mol. The second-order valence-corrected chi connectivity index (χ2v) is 4.44. The minimum absolute atomic E-state index is 0.0319. The SMILES string of the molecule is C=CC(=O)O/C=C(\C)C(=O)OCCS(=O)(=O)O. The fourth-order valence-electron chi connectivity index (χ4n) is 0.596. The summed E-state index contributed by atoms with van der Waals surface area (Å²) in [5.74, 6) is -2.29. The molecule has 0 bridgehead atoms. The molecule has 1 N–H and O–H groups in total. The summed E-state index contributed by atoms with van der Waals surface area (Å²) in [6, 6.07) is 0. The Morgan fingerprint density at radius 2 is 2.00 bits per heavy atom. The quantitative estimate of drug-likeness (QED) is 0.312. The predicted molar refractivity (Wildman–Crippen MR) is 57.4 cm³/mol. The van der Waals surface area contributed by atoms with Crippen LogP contribution in [-0.4, -0.2) is 37.3 Å². The molecule has 0 aliphatic carbocycles. The van der Waals surface area contributed by atoms with Crippen molar-refractivity contribution in [3.05, 3.63) is 24.5 Å². The number of carbonyl (C=O) groups excluding carboxylic acids is 2. The molecule has 0 spiro atoms. The fourth-order valence-corrected chi connectivity index (χ4v) is 0.890. The standard InChI is InChI=1S/C9H12O7S/c1-3-8(10)16-6-7(2)9(11)15-4-5-17(12,13)14/h3,6H,1,4-5H2,2H3,(H,12,13,14)/b7-6+. The van der Waals surface area contributed by atoms with E-state index in [0.29, 0.717) is 0 Å². The third-order valence-corrected chi connectivity index (χ3v) is 2.10. The van der Waals surface area contributed by atoms with Gasteiger partial charge in [0.25, 0.3) is 10.1 Å². The number of hydrogen-bond donors (Lipinski definition) is 1. The van der Waals surface area contributed by atoms with E-state index < -0.39 is 34.4 Å². The van der Waals surface area contributed by atoms with Gasteiger partial charge in [0, 0.05) is 6.08 Å². The number of hydrogen-bond acceptors (Lipinski definition) is 6. The zero-order valence-corrected chi connectivity index (χ0v) is 9.90. The highest BCUT2D eigenvalue weighted by Crippen LogP contribution is 1.98. The van der Waals surface area contributed by atoms with Gasteiger partial charge in [-0.25, -0.2) is 9.59 Å². The Hall–Kier alpha value is -1.67. The normalized spacial score (nSPS) is 11.8. The van der Waals surface area contributed by atoms with Gasteiger partial charge >= 0.3 is 11.9 Å². The molecule has 17 heavy (non-hydrogen) atoms. The molecule has 0 aromatic heterocycles. The zero-order chi connectivity index (χ0) is 13.5. The molecule has 7 nitrogen and oxygen atoms in total. The average Bonchev–Trinajstić information content (AvgIpc) is 2.23. The van der Waals surface area contributed by atoms with Gasteiger partial charge in [0.2, 0.25) is 0 Å². The molecule has 0 aliphatic rings. The van der Waals surface area contributed by atoms with Crippen LogP contribution in [0.4, 0.5) is 0 Å². The first-order valence-corrected chi connectivity index (χ1v) is 5.99. The van der Waals surface area contributed by atoms with E-state index >= 15 is 0 Å². The summed E-state index contributed by atoms with van der Waals surface area (Å²) in [7, 11) is -4.17. The van der Waals surface area contributed by atoms with Crippen LogP contribution in [0.15, 0.2) is 24.5 Å². The molecule has 0 fully saturated rings. The van der Waals surface area contributed by atoms with Crippen molar-refractivity contribution in [2.75, 3.05) is 12.4 Å². The lowest BCUT2D eigenvalue weighted by Gasteiger charge is -2.03. The van der Waals surface area contributed by atoms with Crippen LogP contribution >= 0.6 is 0 Å². The Kier molecular flexibility index (Phi) is 6.15. The van der Waals surface area contributed by atoms with Crippen LogP contribution in [0.1, 0.15) is 6.92 Å². The maximum absolute atomic E-state index is 11.1. The third-order valence-electron chi connectivity index (χ3n) is 1.41. The molecule has 0 saturated heterocycles. The van der Waals surface area contributed by atoms with E-state index in [4.69, 9.17) is 4.55 Å². The molecule has 96 valence electrons. The van der Waals surface area contributed by atoms with Crippen LogP contribution in [0, 0.1) is 0 Å². The van der Waals surface area contributed by atoms with Gasteiger partial charge in [-0.15, -0.1) is 0 Å². The molecule has 0 radical (unpaired) electrons. The molecular formula is C9H12O7S. The highest BCUT2D eigenvalue weighted by molar-refractivity contribution is 7.85. The van der Waals surface area contributed by atoms with E-state index in [2.05, 4.69) is 16.1 Å². The van der Waals surface area contributed by atoms with E-state index in [1.54, 1.807) is 0 Å². The van der Waals surface area contributed by atoms with Gasteiger partial charge in [-0.2, -0.15) is 8.42 Å². The van der Waals surface area contributed by atoms with Gasteiger partial charge in [-0.05, 0) is 6.92 Å². The molecule has 0 aliphatic heterocycles. The van der Waals surface area contributed by atoms with Crippen molar-refractivity contribution in [2.24, 2.45) is 0 Å². The Labute approximate surface area is 98.5 Å². The van der Waals surface area contributed by atoms with Crippen LogP contribution in [0.3, 0.4) is 0 Å².